The molecule has 0 bridgehead atoms. The number of rotatable bonds is 4. The fourth-order valence-electron chi connectivity index (χ4n) is 4.84. The van der Waals surface area contributed by atoms with Crippen LogP contribution in [0.5, 0.6) is 0 Å². The van der Waals surface area contributed by atoms with E-state index in [-0.39, 0.29) is 5.91 Å². The number of hydrogen-bond donors (Lipinski definition) is 0. The van der Waals surface area contributed by atoms with E-state index in [0.717, 1.165) is 44.7 Å². The average Bonchev–Trinajstić information content (AvgIpc) is 2.90. The molecule has 1 amide bonds. The molecule has 0 aromatic heterocycles. The first-order valence-electron chi connectivity index (χ1n) is 10.6. The van der Waals surface area contributed by atoms with Gasteiger partial charge in [-0.1, -0.05) is 12.8 Å². The molecule has 142 valence electrons. The average molecular weight is 356 g/mol. The summed E-state index contributed by atoms with van der Waals surface area (Å²) in [7, 11) is 0. The number of hydrogen-bond acceptors (Lipinski definition) is 3. The van der Waals surface area contributed by atoms with Crippen LogP contribution >= 0.6 is 0 Å². The summed E-state index contributed by atoms with van der Waals surface area (Å²) in [5.74, 6) is 0.237. The summed E-state index contributed by atoms with van der Waals surface area (Å²) in [4.78, 5) is 20.1. The number of nitrogens with zero attached hydrogens (tertiary/aromatic N) is 3. The predicted molar refractivity (Wildman–Crippen MR) is 107 cm³/mol. The van der Waals surface area contributed by atoms with Crippen LogP contribution in [0.4, 0.5) is 5.69 Å². The van der Waals surface area contributed by atoms with E-state index >= 15 is 0 Å². The van der Waals surface area contributed by atoms with Crippen molar-refractivity contribution in [3.8, 4) is 0 Å². The lowest BCUT2D eigenvalue weighted by Crippen LogP contribution is -2.43. The van der Waals surface area contributed by atoms with Crippen molar-refractivity contribution in [2.75, 3.05) is 44.2 Å². The topological polar surface area (TPSA) is 26.8 Å². The van der Waals surface area contributed by atoms with Crippen molar-refractivity contribution in [2.24, 2.45) is 0 Å². The second-order valence-electron chi connectivity index (χ2n) is 8.31. The molecule has 0 spiro atoms. The minimum absolute atomic E-state index is 0.237. The fraction of sp³-hybridized carbons (Fsp3) is 0.682. The van der Waals surface area contributed by atoms with Crippen LogP contribution in [0.3, 0.4) is 0 Å². The van der Waals surface area contributed by atoms with Gasteiger partial charge in [0.05, 0.1) is 0 Å². The molecule has 3 aliphatic rings. The molecule has 26 heavy (non-hydrogen) atoms. The van der Waals surface area contributed by atoms with Crippen LogP contribution in [0.25, 0.3) is 0 Å². The van der Waals surface area contributed by atoms with E-state index in [0.29, 0.717) is 6.04 Å². The quantitative estimate of drug-likeness (QED) is 0.826. The second kappa shape index (κ2) is 7.99. The molecule has 0 N–H and O–H groups in total. The van der Waals surface area contributed by atoms with Gasteiger partial charge in [0.25, 0.3) is 5.91 Å². The lowest BCUT2D eigenvalue weighted by Gasteiger charge is -2.32. The van der Waals surface area contributed by atoms with Crippen LogP contribution in [0.1, 0.15) is 61.4 Å². The lowest BCUT2D eigenvalue weighted by atomic mass is 9.98. The van der Waals surface area contributed by atoms with Gasteiger partial charge in [0.1, 0.15) is 0 Å². The highest BCUT2D eigenvalue weighted by atomic mass is 16.2. The molecule has 3 heterocycles. The summed E-state index contributed by atoms with van der Waals surface area (Å²) in [6.45, 7) is 8.59. The van der Waals surface area contributed by atoms with E-state index in [1.165, 1.54) is 56.3 Å². The molecule has 4 heteroatoms. The zero-order valence-corrected chi connectivity index (χ0v) is 16.3. The Labute approximate surface area is 158 Å². The zero-order valence-electron chi connectivity index (χ0n) is 16.3. The van der Waals surface area contributed by atoms with Crippen LogP contribution in [0, 0.1) is 0 Å². The summed E-state index contributed by atoms with van der Waals surface area (Å²) in [6.07, 6.45) is 8.89. The Morgan fingerprint density at radius 3 is 2.50 bits per heavy atom. The Morgan fingerprint density at radius 1 is 0.962 bits per heavy atom. The summed E-state index contributed by atoms with van der Waals surface area (Å²) < 4.78 is 0. The van der Waals surface area contributed by atoms with Gasteiger partial charge in [-0.25, -0.2) is 0 Å². The number of carbonyl (C=O) groups excluding carboxylic acids is 1. The number of anilines is 1. The molecule has 4 rings (SSSR count). The van der Waals surface area contributed by atoms with Gasteiger partial charge in [0.15, 0.2) is 0 Å². The Bertz CT molecular complexity index is 636. The summed E-state index contributed by atoms with van der Waals surface area (Å²) in [5, 5.41) is 0. The normalized spacial score (nSPS) is 24.7. The van der Waals surface area contributed by atoms with Crippen molar-refractivity contribution in [1.29, 1.82) is 0 Å². The minimum Gasteiger partial charge on any atom is -0.372 e. The van der Waals surface area contributed by atoms with E-state index in [2.05, 4.69) is 39.8 Å². The molecular formula is C22H33N3O. The second-order valence-corrected chi connectivity index (χ2v) is 8.31. The molecule has 0 radical (unpaired) electrons. The van der Waals surface area contributed by atoms with Gasteiger partial charge < -0.3 is 9.80 Å². The lowest BCUT2D eigenvalue weighted by molar-refractivity contribution is 0.0717. The number of likely N-dealkylation sites (tertiary alicyclic amines) is 1. The Kier molecular flexibility index (Phi) is 5.49. The van der Waals surface area contributed by atoms with E-state index in [1.54, 1.807) is 0 Å². The molecule has 1 unspecified atom stereocenters. The molecular weight excluding hydrogens is 322 g/mol. The van der Waals surface area contributed by atoms with Crippen molar-refractivity contribution in [3.63, 3.8) is 0 Å². The first-order valence-corrected chi connectivity index (χ1v) is 10.6. The summed E-state index contributed by atoms with van der Waals surface area (Å²) >= 11 is 0. The van der Waals surface area contributed by atoms with E-state index < -0.39 is 0 Å². The van der Waals surface area contributed by atoms with Gasteiger partial charge >= 0.3 is 0 Å². The SMILES string of the molecule is CC1CCCN1CCN1CCc2cc(N3CCCCCC3)ccc2C1=O. The van der Waals surface area contributed by atoms with Crippen molar-refractivity contribution >= 4 is 11.6 Å². The number of fused-ring (bicyclic) bond motifs is 1. The van der Waals surface area contributed by atoms with Crippen molar-refractivity contribution in [3.05, 3.63) is 29.3 Å². The zero-order chi connectivity index (χ0) is 17.9. The highest BCUT2D eigenvalue weighted by molar-refractivity contribution is 5.97. The highest BCUT2D eigenvalue weighted by Gasteiger charge is 2.27. The molecule has 0 saturated carbocycles. The maximum absolute atomic E-state index is 12.9. The molecule has 2 fully saturated rings. The monoisotopic (exact) mass is 355 g/mol. The number of carbonyl (C=O) groups is 1. The van der Waals surface area contributed by atoms with Crippen molar-refractivity contribution in [1.82, 2.24) is 9.80 Å². The van der Waals surface area contributed by atoms with E-state index in [1.807, 2.05) is 0 Å². The highest BCUT2D eigenvalue weighted by Crippen LogP contribution is 2.27. The van der Waals surface area contributed by atoms with Crippen LogP contribution in [0.2, 0.25) is 0 Å². The fourth-order valence-corrected chi connectivity index (χ4v) is 4.84. The summed E-state index contributed by atoms with van der Waals surface area (Å²) in [5.41, 5.74) is 3.50. The first kappa shape index (κ1) is 17.8. The van der Waals surface area contributed by atoms with Crippen molar-refractivity contribution in [2.45, 2.75) is 57.9 Å². The Balaban J connectivity index is 1.41. The van der Waals surface area contributed by atoms with Crippen LogP contribution in [-0.4, -0.2) is 61.0 Å². The maximum Gasteiger partial charge on any atom is 0.254 e. The Hall–Kier alpha value is -1.55. The molecule has 1 atom stereocenters. The van der Waals surface area contributed by atoms with Gasteiger partial charge in [0.2, 0.25) is 0 Å². The minimum atomic E-state index is 0.237. The molecule has 1 aromatic rings. The maximum atomic E-state index is 12.9. The van der Waals surface area contributed by atoms with E-state index in [4.69, 9.17) is 0 Å². The third kappa shape index (κ3) is 3.75. The molecule has 4 nitrogen and oxygen atoms in total. The van der Waals surface area contributed by atoms with Crippen LogP contribution in [-0.2, 0) is 6.42 Å². The molecule has 0 aliphatic carbocycles. The van der Waals surface area contributed by atoms with Gasteiger partial charge in [-0.05, 0) is 69.3 Å². The third-order valence-corrected chi connectivity index (χ3v) is 6.58. The number of amides is 1. The molecule has 1 aromatic carbocycles. The Morgan fingerprint density at radius 2 is 1.77 bits per heavy atom. The van der Waals surface area contributed by atoms with Crippen molar-refractivity contribution < 1.29 is 4.79 Å². The molecule has 2 saturated heterocycles. The van der Waals surface area contributed by atoms with Gasteiger partial charge in [-0.2, -0.15) is 0 Å². The van der Waals surface area contributed by atoms with Crippen LogP contribution in [0.15, 0.2) is 18.2 Å². The third-order valence-electron chi connectivity index (χ3n) is 6.58. The van der Waals surface area contributed by atoms with E-state index in [9.17, 15) is 4.79 Å². The summed E-state index contributed by atoms with van der Waals surface area (Å²) in [6, 6.07) is 7.23. The van der Waals surface area contributed by atoms with Crippen LogP contribution < -0.4 is 4.90 Å². The molecule has 3 aliphatic heterocycles. The standard InChI is InChI=1S/C22H33N3O/c1-18-7-6-13-23(18)15-16-25-14-10-19-17-20(8-9-21(19)22(25)26)24-11-4-2-3-5-12-24/h8-9,17-18H,2-7,10-16H2,1H3. The van der Waals surface area contributed by atoms with Gasteiger partial charge in [0, 0.05) is 50.0 Å². The smallest absolute Gasteiger partial charge is 0.254 e. The number of benzene rings is 1. The predicted octanol–water partition coefficient (Wildman–Crippen LogP) is 3.55. The van der Waals surface area contributed by atoms with Gasteiger partial charge in [-0.15, -0.1) is 0 Å². The largest absolute Gasteiger partial charge is 0.372 e. The van der Waals surface area contributed by atoms with Gasteiger partial charge in [-0.3, -0.25) is 9.69 Å². The first-order chi connectivity index (χ1) is 12.7.